The first-order valence-corrected chi connectivity index (χ1v) is 21.4. The first-order chi connectivity index (χ1) is 29.1. The van der Waals surface area contributed by atoms with Crippen LogP contribution in [-0.4, -0.2) is 117 Å². The Morgan fingerprint density at radius 3 is 2.34 bits per heavy atom. The van der Waals surface area contributed by atoms with Gasteiger partial charge in [-0.1, -0.05) is 81.4 Å². The van der Waals surface area contributed by atoms with E-state index < -0.39 is 47.4 Å². The van der Waals surface area contributed by atoms with Crippen molar-refractivity contribution in [3.8, 4) is 5.75 Å². The number of rotatable bonds is 14. The fourth-order valence-electron chi connectivity index (χ4n) is 7.38. The Labute approximate surface area is 364 Å². The van der Waals surface area contributed by atoms with E-state index in [0.29, 0.717) is 16.3 Å². The maximum atomic E-state index is 13.8. The molecule has 61 heavy (non-hydrogen) atoms. The van der Waals surface area contributed by atoms with Crippen molar-refractivity contribution in [2.24, 2.45) is 17.3 Å². The van der Waals surface area contributed by atoms with E-state index >= 15 is 0 Å². The van der Waals surface area contributed by atoms with Crippen molar-refractivity contribution in [1.82, 2.24) is 20.4 Å². The lowest BCUT2D eigenvalue weighted by Crippen LogP contribution is -2.51. The molecular formula is C46H61ClN4O10. The summed E-state index contributed by atoms with van der Waals surface area (Å²) in [6.45, 7) is 17.0. The number of nitrogens with one attached hydrogen (secondary N) is 2. The van der Waals surface area contributed by atoms with Crippen LogP contribution in [0.2, 0.25) is 5.02 Å². The summed E-state index contributed by atoms with van der Waals surface area (Å²) in [6, 6.07) is 12.4. The fraction of sp³-hybridized carbons (Fsp3) is 0.543. The molecule has 2 aromatic carbocycles. The summed E-state index contributed by atoms with van der Waals surface area (Å²) >= 11 is 6.36. The summed E-state index contributed by atoms with van der Waals surface area (Å²) in [5.74, 6) is -2.47. The number of halogens is 1. The molecule has 2 N–H and O–H groups in total. The Bertz CT molecular complexity index is 1890. The number of cyclic esters (lactones) is 2. The zero-order valence-electron chi connectivity index (χ0n) is 36.2. The van der Waals surface area contributed by atoms with Crippen LogP contribution in [0, 0.1) is 17.3 Å². The number of nitrogens with zero attached hydrogens (tertiary/aromatic N) is 2. The molecule has 2 fully saturated rings. The van der Waals surface area contributed by atoms with Crippen molar-refractivity contribution in [1.29, 1.82) is 0 Å². The predicted octanol–water partition coefficient (Wildman–Crippen LogP) is 4.97. The molecule has 0 radical (unpaired) electrons. The van der Waals surface area contributed by atoms with E-state index in [4.69, 9.17) is 35.3 Å². The smallest absolute Gasteiger partial charge is 0.347 e. The Morgan fingerprint density at radius 1 is 1.00 bits per heavy atom. The fourth-order valence-corrected chi connectivity index (χ4v) is 7.66. The largest absolute Gasteiger partial charge is 0.495 e. The second kappa shape index (κ2) is 21.9. The molecule has 2 saturated heterocycles. The topological polar surface area (TPSA) is 165 Å². The highest BCUT2D eigenvalue weighted by molar-refractivity contribution is 6.32. The molecule has 332 valence electrons. The lowest BCUT2D eigenvalue weighted by atomic mass is 9.92. The number of carbonyl (C=O) groups is 5. The number of piperazine rings is 1. The standard InChI is InChI=1S/C46H61ClN4O10/c1-8-22-58-40(53)27-51-20-18-50(19-21-51)26-31-12-15-33(16-13-31)42-41(61-42)30(4)36-10-9-11-39(52)49-35(25-32-14-17-37(57-7)34(47)24-32)43(54)48-28-46(5,6)45(56)60-38(23-29(2)3)44(55)59-36/h8-9,11-17,24,29-30,35-36,38,41-42H,1,10,18-23,25-28H2,2-7H3,(H,48,54)(H,49,52)/b11-9+/t30-,35+,36-,38-,41?,42+/m0/s1. The molecule has 3 aliphatic heterocycles. The third kappa shape index (κ3) is 13.9. The van der Waals surface area contributed by atoms with Crippen molar-refractivity contribution in [2.45, 2.75) is 90.9 Å². The van der Waals surface area contributed by atoms with Crippen molar-refractivity contribution in [3.63, 3.8) is 0 Å². The van der Waals surface area contributed by atoms with Gasteiger partial charge < -0.3 is 34.3 Å². The normalized spacial score (nSPS) is 25.3. The van der Waals surface area contributed by atoms with E-state index in [2.05, 4.69) is 51.3 Å². The van der Waals surface area contributed by atoms with Gasteiger partial charge in [0.05, 0.1) is 30.2 Å². The molecule has 5 rings (SSSR count). The minimum absolute atomic E-state index is 0.00707. The van der Waals surface area contributed by atoms with Crippen molar-refractivity contribution in [3.05, 3.63) is 89.0 Å². The Kier molecular flexibility index (Phi) is 16.9. The zero-order chi connectivity index (χ0) is 44.3. The summed E-state index contributed by atoms with van der Waals surface area (Å²) in [6.07, 6.45) is 2.59. The molecule has 3 heterocycles. The number of ether oxygens (including phenoxy) is 5. The minimum Gasteiger partial charge on any atom is -0.495 e. The maximum absolute atomic E-state index is 13.8. The molecule has 0 spiro atoms. The van der Waals surface area contributed by atoms with E-state index in [1.54, 1.807) is 44.2 Å². The van der Waals surface area contributed by atoms with Gasteiger partial charge in [0.1, 0.15) is 30.6 Å². The van der Waals surface area contributed by atoms with Crippen LogP contribution in [0.25, 0.3) is 0 Å². The third-order valence-electron chi connectivity index (χ3n) is 11.2. The Morgan fingerprint density at radius 2 is 1.69 bits per heavy atom. The monoisotopic (exact) mass is 864 g/mol. The highest BCUT2D eigenvalue weighted by Crippen LogP contribution is 2.45. The number of epoxide rings is 1. The summed E-state index contributed by atoms with van der Waals surface area (Å²) < 4.78 is 28.6. The Balaban J connectivity index is 1.27. The van der Waals surface area contributed by atoms with Gasteiger partial charge in [0.25, 0.3) is 0 Å². The summed E-state index contributed by atoms with van der Waals surface area (Å²) in [5, 5.41) is 5.93. The Hall–Kier alpha value is -4.76. The molecule has 0 aromatic heterocycles. The lowest BCUT2D eigenvalue weighted by molar-refractivity contribution is -0.179. The number of methoxy groups -OCH3 is 1. The molecule has 2 aromatic rings. The number of amides is 2. The molecule has 0 saturated carbocycles. The van der Waals surface area contributed by atoms with Crippen LogP contribution >= 0.6 is 11.6 Å². The SMILES string of the molecule is C=CCOC(=O)CN1CCN(Cc2ccc([C@H]3OC3[C@@H](C)[C@@H]3C/C=C/C(=O)N[C@H](Cc4ccc(OC)c(Cl)c4)C(=O)NCC(C)(C)C(=O)O[C@@H](CC(C)C)C(=O)O3)cc2)CC1. The van der Waals surface area contributed by atoms with Crippen LogP contribution in [0.15, 0.2) is 67.3 Å². The molecule has 1 unspecified atom stereocenters. The second-order valence-electron chi connectivity index (χ2n) is 17.1. The van der Waals surface area contributed by atoms with E-state index in [1.807, 2.05) is 20.8 Å². The van der Waals surface area contributed by atoms with E-state index in [-0.39, 0.29) is 69.0 Å². The number of benzene rings is 2. The number of carbonyl (C=O) groups excluding carboxylic acids is 5. The van der Waals surface area contributed by atoms with Crippen LogP contribution in [0.1, 0.15) is 70.3 Å². The molecule has 15 heteroatoms. The van der Waals surface area contributed by atoms with Gasteiger partial charge in [-0.15, -0.1) is 0 Å². The molecule has 3 aliphatic rings. The highest BCUT2D eigenvalue weighted by Gasteiger charge is 2.48. The zero-order valence-corrected chi connectivity index (χ0v) is 36.9. The van der Waals surface area contributed by atoms with Gasteiger partial charge in [0.2, 0.25) is 11.8 Å². The summed E-state index contributed by atoms with van der Waals surface area (Å²) in [5.41, 5.74) is 1.61. The van der Waals surface area contributed by atoms with E-state index in [0.717, 1.165) is 43.9 Å². The molecule has 0 aliphatic carbocycles. The van der Waals surface area contributed by atoms with Gasteiger partial charge in [0, 0.05) is 58.0 Å². The number of esters is 3. The van der Waals surface area contributed by atoms with E-state index in [1.165, 1.54) is 13.2 Å². The molecular weight excluding hydrogens is 804 g/mol. The van der Waals surface area contributed by atoms with Crippen LogP contribution in [-0.2, 0) is 55.9 Å². The maximum Gasteiger partial charge on any atom is 0.347 e. The second-order valence-corrected chi connectivity index (χ2v) is 17.5. The molecule has 0 bridgehead atoms. The van der Waals surface area contributed by atoms with Gasteiger partial charge in [-0.2, -0.15) is 0 Å². The van der Waals surface area contributed by atoms with Crippen molar-refractivity contribution < 1.29 is 47.7 Å². The molecule has 6 atom stereocenters. The van der Waals surface area contributed by atoms with Gasteiger partial charge in [0.15, 0.2) is 6.10 Å². The van der Waals surface area contributed by atoms with Gasteiger partial charge in [-0.05, 0) is 61.1 Å². The number of hydrogen-bond acceptors (Lipinski definition) is 12. The minimum atomic E-state index is -1.23. The average Bonchev–Trinajstić information content (AvgIpc) is 4.03. The molecule has 2 amide bonds. The average molecular weight is 865 g/mol. The summed E-state index contributed by atoms with van der Waals surface area (Å²) in [7, 11) is 1.50. The van der Waals surface area contributed by atoms with Crippen LogP contribution < -0.4 is 15.4 Å². The highest BCUT2D eigenvalue weighted by atomic mass is 35.5. The van der Waals surface area contributed by atoms with E-state index in [9.17, 15) is 24.0 Å². The summed E-state index contributed by atoms with van der Waals surface area (Å²) in [4.78, 5) is 70.9. The van der Waals surface area contributed by atoms with Crippen LogP contribution in [0.4, 0.5) is 0 Å². The van der Waals surface area contributed by atoms with Crippen LogP contribution in [0.5, 0.6) is 5.75 Å². The van der Waals surface area contributed by atoms with Crippen LogP contribution in [0.3, 0.4) is 0 Å². The number of hydrogen-bond donors (Lipinski definition) is 2. The van der Waals surface area contributed by atoms with Gasteiger partial charge in [-0.25, -0.2) is 4.79 Å². The van der Waals surface area contributed by atoms with Crippen molar-refractivity contribution >= 4 is 41.3 Å². The quantitative estimate of drug-likeness (QED) is 0.114. The lowest BCUT2D eigenvalue weighted by Gasteiger charge is -2.34. The first-order valence-electron chi connectivity index (χ1n) is 21.0. The van der Waals surface area contributed by atoms with Crippen molar-refractivity contribution in [2.75, 3.05) is 53.0 Å². The van der Waals surface area contributed by atoms with Gasteiger partial charge >= 0.3 is 17.9 Å². The first kappa shape index (κ1) is 47.3. The third-order valence-corrected chi connectivity index (χ3v) is 11.5. The predicted molar refractivity (Wildman–Crippen MR) is 229 cm³/mol. The van der Waals surface area contributed by atoms with Gasteiger partial charge in [-0.3, -0.25) is 29.0 Å². The molecule has 14 nitrogen and oxygen atoms in total.